The van der Waals surface area contributed by atoms with Crippen molar-refractivity contribution in [1.29, 1.82) is 0 Å². The van der Waals surface area contributed by atoms with Crippen LogP contribution in [0.3, 0.4) is 0 Å². The van der Waals surface area contributed by atoms with E-state index in [0.29, 0.717) is 0 Å². The lowest BCUT2D eigenvalue weighted by Crippen LogP contribution is -2.61. The van der Waals surface area contributed by atoms with Crippen molar-refractivity contribution in [3.05, 3.63) is 0 Å². The fraction of sp³-hybridized carbons (Fsp3) is 1.00. The van der Waals surface area contributed by atoms with E-state index in [-0.39, 0.29) is 44.4 Å². The molecule has 0 spiro atoms. The lowest BCUT2D eigenvalue weighted by molar-refractivity contribution is -0.0437. The number of hydrogen-bond acceptors (Lipinski definition) is 6. The van der Waals surface area contributed by atoms with Crippen LogP contribution in [0.4, 0.5) is 0 Å². The van der Waals surface area contributed by atoms with E-state index in [2.05, 4.69) is 0 Å². The first kappa shape index (κ1) is 12.9. The van der Waals surface area contributed by atoms with Crippen molar-refractivity contribution in [2.45, 2.75) is 5.54 Å². The van der Waals surface area contributed by atoms with Crippen molar-refractivity contribution in [2.24, 2.45) is 0 Å². The van der Waals surface area contributed by atoms with Gasteiger partial charge in [-0.3, -0.25) is 4.90 Å². The standard InChI is InChI=1S/C8H17NO5S/c10-5-8(6-11,7-12)9-1-3-15(13,14)4-2-9/h10-12H,1-7H2. The Labute approximate surface area is 89.1 Å². The van der Waals surface area contributed by atoms with Crippen LogP contribution in [-0.2, 0) is 9.84 Å². The third-order valence-corrected chi connectivity index (χ3v) is 4.51. The number of sulfone groups is 1. The minimum Gasteiger partial charge on any atom is -0.394 e. The van der Waals surface area contributed by atoms with Crippen molar-refractivity contribution in [1.82, 2.24) is 4.90 Å². The highest BCUT2D eigenvalue weighted by molar-refractivity contribution is 7.91. The van der Waals surface area contributed by atoms with Gasteiger partial charge >= 0.3 is 0 Å². The van der Waals surface area contributed by atoms with Crippen LogP contribution in [-0.4, -0.2) is 78.6 Å². The Morgan fingerprint density at radius 3 is 1.73 bits per heavy atom. The molecule has 0 bridgehead atoms. The van der Waals surface area contributed by atoms with Gasteiger partial charge in [-0.2, -0.15) is 0 Å². The van der Waals surface area contributed by atoms with Gasteiger partial charge in [-0.05, 0) is 0 Å². The summed E-state index contributed by atoms with van der Waals surface area (Å²) in [5.74, 6) is 0.0174. The van der Waals surface area contributed by atoms with Crippen LogP contribution >= 0.6 is 0 Å². The largest absolute Gasteiger partial charge is 0.394 e. The topological polar surface area (TPSA) is 98.1 Å². The molecule has 6 nitrogen and oxygen atoms in total. The molecular weight excluding hydrogens is 222 g/mol. The van der Waals surface area contributed by atoms with Gasteiger partial charge in [-0.1, -0.05) is 0 Å². The first-order chi connectivity index (χ1) is 6.99. The molecule has 1 saturated heterocycles. The molecular formula is C8H17NO5S. The summed E-state index contributed by atoms with van der Waals surface area (Å²) in [5, 5.41) is 27.4. The Morgan fingerprint density at radius 1 is 1.00 bits per heavy atom. The van der Waals surface area contributed by atoms with Crippen molar-refractivity contribution in [2.75, 3.05) is 44.4 Å². The van der Waals surface area contributed by atoms with Gasteiger partial charge in [0.1, 0.15) is 0 Å². The predicted molar refractivity (Wildman–Crippen MR) is 54.2 cm³/mol. The van der Waals surface area contributed by atoms with Gasteiger partial charge in [0.05, 0.1) is 36.9 Å². The third-order valence-electron chi connectivity index (χ3n) is 2.90. The molecule has 0 amide bonds. The quantitative estimate of drug-likeness (QED) is 0.499. The summed E-state index contributed by atoms with van der Waals surface area (Å²) in [6, 6.07) is 0. The number of aliphatic hydroxyl groups excluding tert-OH is 3. The number of rotatable bonds is 4. The average Bonchev–Trinajstić information content (AvgIpc) is 2.23. The summed E-state index contributed by atoms with van der Waals surface area (Å²) in [6.45, 7) is -0.686. The van der Waals surface area contributed by atoms with Gasteiger partial charge < -0.3 is 15.3 Å². The monoisotopic (exact) mass is 239 g/mol. The maximum Gasteiger partial charge on any atom is 0.152 e. The average molecular weight is 239 g/mol. The van der Waals surface area contributed by atoms with Crippen molar-refractivity contribution < 1.29 is 23.7 Å². The fourth-order valence-electron chi connectivity index (χ4n) is 1.64. The van der Waals surface area contributed by atoms with Crippen molar-refractivity contribution in [3.63, 3.8) is 0 Å². The van der Waals surface area contributed by atoms with E-state index in [1.54, 1.807) is 4.90 Å². The lowest BCUT2D eigenvalue weighted by Gasteiger charge is -2.42. The molecule has 0 aromatic carbocycles. The van der Waals surface area contributed by atoms with Crippen LogP contribution in [0.15, 0.2) is 0 Å². The molecule has 0 radical (unpaired) electrons. The van der Waals surface area contributed by atoms with Gasteiger partial charge in [-0.25, -0.2) is 8.42 Å². The second kappa shape index (κ2) is 4.75. The molecule has 1 heterocycles. The fourth-order valence-corrected chi connectivity index (χ4v) is 2.84. The summed E-state index contributed by atoms with van der Waals surface area (Å²) < 4.78 is 22.3. The molecule has 15 heavy (non-hydrogen) atoms. The summed E-state index contributed by atoms with van der Waals surface area (Å²) in [6.07, 6.45) is 0. The first-order valence-corrected chi connectivity index (χ1v) is 6.60. The molecule has 0 aliphatic carbocycles. The highest BCUT2D eigenvalue weighted by Crippen LogP contribution is 2.17. The van der Waals surface area contributed by atoms with E-state index < -0.39 is 15.4 Å². The van der Waals surface area contributed by atoms with Crippen LogP contribution in [0.1, 0.15) is 0 Å². The summed E-state index contributed by atoms with van der Waals surface area (Å²) >= 11 is 0. The number of aliphatic hydroxyl groups is 3. The third kappa shape index (κ3) is 2.67. The molecule has 0 saturated carbocycles. The molecule has 90 valence electrons. The molecule has 1 fully saturated rings. The molecule has 1 aliphatic rings. The van der Waals surface area contributed by atoms with Gasteiger partial charge in [0.25, 0.3) is 0 Å². The van der Waals surface area contributed by atoms with E-state index in [9.17, 15) is 8.42 Å². The maximum absolute atomic E-state index is 11.2. The van der Waals surface area contributed by atoms with Crippen LogP contribution in [0.5, 0.6) is 0 Å². The zero-order chi connectivity index (χ0) is 11.5. The Kier molecular flexibility index (Phi) is 4.07. The second-order valence-corrected chi connectivity index (χ2v) is 6.14. The normalized spacial score (nSPS) is 22.9. The van der Waals surface area contributed by atoms with Crippen LogP contribution in [0, 0.1) is 0 Å². The van der Waals surface area contributed by atoms with Gasteiger partial charge in [0.2, 0.25) is 0 Å². The van der Waals surface area contributed by atoms with Gasteiger partial charge in [0, 0.05) is 13.1 Å². The molecule has 7 heteroatoms. The highest BCUT2D eigenvalue weighted by Gasteiger charge is 2.38. The van der Waals surface area contributed by atoms with Crippen LogP contribution < -0.4 is 0 Å². The van der Waals surface area contributed by atoms with E-state index >= 15 is 0 Å². The minimum atomic E-state index is -2.99. The maximum atomic E-state index is 11.2. The zero-order valence-corrected chi connectivity index (χ0v) is 9.28. The predicted octanol–water partition coefficient (Wildman–Crippen LogP) is -2.57. The molecule has 0 aromatic heterocycles. The smallest absolute Gasteiger partial charge is 0.152 e. The van der Waals surface area contributed by atoms with Crippen LogP contribution in [0.2, 0.25) is 0 Å². The minimum absolute atomic E-state index is 0.00868. The van der Waals surface area contributed by atoms with E-state index in [1.807, 2.05) is 0 Å². The van der Waals surface area contributed by atoms with Gasteiger partial charge in [-0.15, -0.1) is 0 Å². The first-order valence-electron chi connectivity index (χ1n) is 4.78. The molecule has 3 N–H and O–H groups in total. The Morgan fingerprint density at radius 2 is 1.40 bits per heavy atom. The highest BCUT2D eigenvalue weighted by atomic mass is 32.2. The molecule has 0 aromatic rings. The van der Waals surface area contributed by atoms with Crippen molar-refractivity contribution in [3.8, 4) is 0 Å². The summed E-state index contributed by atoms with van der Waals surface area (Å²) in [5.41, 5.74) is -1.10. The molecule has 1 aliphatic heterocycles. The molecule has 0 atom stereocenters. The summed E-state index contributed by atoms with van der Waals surface area (Å²) in [7, 11) is -2.99. The van der Waals surface area contributed by atoms with Crippen LogP contribution in [0.25, 0.3) is 0 Å². The van der Waals surface area contributed by atoms with Crippen molar-refractivity contribution >= 4 is 9.84 Å². The van der Waals surface area contributed by atoms with E-state index in [1.165, 1.54) is 0 Å². The van der Waals surface area contributed by atoms with Gasteiger partial charge in [0.15, 0.2) is 9.84 Å². The van der Waals surface area contributed by atoms with E-state index in [4.69, 9.17) is 15.3 Å². The summed E-state index contributed by atoms with van der Waals surface area (Å²) in [4.78, 5) is 1.63. The Bertz CT molecular complexity index is 276. The number of hydrogen-bond donors (Lipinski definition) is 3. The number of nitrogens with zero attached hydrogens (tertiary/aromatic N) is 1. The Hall–Kier alpha value is -0.210. The SMILES string of the molecule is O=S1(=O)CCN(C(CO)(CO)CO)CC1. The molecule has 1 rings (SSSR count). The second-order valence-electron chi connectivity index (χ2n) is 3.84. The Balaban J connectivity index is 2.72. The molecule has 0 unspecified atom stereocenters. The zero-order valence-electron chi connectivity index (χ0n) is 8.46. The van der Waals surface area contributed by atoms with E-state index in [0.717, 1.165) is 0 Å². The lowest BCUT2D eigenvalue weighted by atomic mass is 10.0.